The average molecular weight is 537 g/mol. The van der Waals surface area contributed by atoms with Crippen molar-refractivity contribution in [2.75, 3.05) is 0 Å². The molecule has 8 aromatic rings. The molecular weight excluding hydrogens is 509 g/mol. The molecule has 0 nitrogen and oxygen atoms in total. The van der Waals surface area contributed by atoms with Gasteiger partial charge in [0.1, 0.15) is 8.07 Å². The minimum Gasteiger partial charge on any atom is -0.0622 e. The van der Waals surface area contributed by atoms with Gasteiger partial charge in [0.2, 0.25) is 0 Å². The maximum atomic E-state index is 2.51. The van der Waals surface area contributed by atoms with Crippen LogP contribution in [0.1, 0.15) is 0 Å². The molecule has 0 amide bonds. The van der Waals surface area contributed by atoms with Crippen LogP contribution >= 0.6 is 0 Å². The van der Waals surface area contributed by atoms with Crippen molar-refractivity contribution in [3.8, 4) is 33.4 Å². The largest absolute Gasteiger partial charge is 0.113 e. The van der Waals surface area contributed by atoms with E-state index in [0.29, 0.717) is 0 Å². The number of fused-ring (bicyclic) bond motifs is 2. The molecule has 1 aliphatic heterocycles. The molecule has 0 fully saturated rings. The highest BCUT2D eigenvalue weighted by atomic mass is 28.3. The average Bonchev–Trinajstić information content (AvgIpc) is 3.02. The van der Waals surface area contributed by atoms with Gasteiger partial charge in [-0.05, 0) is 92.9 Å². The lowest BCUT2D eigenvalue weighted by Gasteiger charge is -2.34. The second-order valence-electron chi connectivity index (χ2n) is 12.1. The van der Waals surface area contributed by atoms with E-state index >= 15 is 0 Å². The fourth-order valence-electron chi connectivity index (χ4n) is 7.63. The van der Waals surface area contributed by atoms with Crippen LogP contribution in [0, 0.1) is 0 Å². The van der Waals surface area contributed by atoms with Crippen molar-refractivity contribution in [1.29, 1.82) is 0 Å². The summed E-state index contributed by atoms with van der Waals surface area (Å²) in [5.74, 6) is 0. The van der Waals surface area contributed by atoms with E-state index < -0.39 is 8.07 Å². The smallest absolute Gasteiger partial charge is 0.0622 e. The van der Waals surface area contributed by atoms with Crippen LogP contribution in [0.5, 0.6) is 0 Å². The van der Waals surface area contributed by atoms with Crippen LogP contribution < -0.4 is 10.4 Å². The van der Waals surface area contributed by atoms with Crippen LogP contribution in [0.2, 0.25) is 13.1 Å². The summed E-state index contributed by atoms with van der Waals surface area (Å²) in [6, 6.07) is 50.3. The van der Waals surface area contributed by atoms with Gasteiger partial charge in [-0.2, -0.15) is 0 Å². The van der Waals surface area contributed by atoms with Crippen LogP contribution in [-0.2, 0) is 0 Å². The zero-order valence-electron chi connectivity index (χ0n) is 23.2. The molecule has 1 heteroatoms. The first kappa shape index (κ1) is 23.0. The first-order chi connectivity index (χ1) is 20.1. The van der Waals surface area contributed by atoms with Gasteiger partial charge in [0.25, 0.3) is 0 Å². The van der Waals surface area contributed by atoms with E-state index in [4.69, 9.17) is 0 Å². The van der Waals surface area contributed by atoms with Gasteiger partial charge in [0.05, 0.1) is 0 Å². The van der Waals surface area contributed by atoms with Crippen LogP contribution in [0.15, 0.2) is 133 Å². The highest BCUT2D eigenvalue weighted by Crippen LogP contribution is 2.43. The molecule has 0 atom stereocenters. The minimum absolute atomic E-state index is 1.27. The van der Waals surface area contributed by atoms with E-state index in [1.54, 1.807) is 5.19 Å². The summed E-state index contributed by atoms with van der Waals surface area (Å²) in [4.78, 5) is 0. The molecule has 0 bridgehead atoms. The predicted molar refractivity (Wildman–Crippen MR) is 181 cm³/mol. The topological polar surface area (TPSA) is 0 Å². The molecule has 0 saturated carbocycles. The molecule has 9 rings (SSSR count). The van der Waals surface area contributed by atoms with Crippen LogP contribution in [-0.4, -0.2) is 8.07 Å². The monoisotopic (exact) mass is 536 g/mol. The Morgan fingerprint density at radius 3 is 1.68 bits per heavy atom. The molecule has 1 heterocycles. The second kappa shape index (κ2) is 8.16. The van der Waals surface area contributed by atoms with E-state index in [-0.39, 0.29) is 0 Å². The fourth-order valence-corrected chi connectivity index (χ4v) is 10.7. The molecule has 8 aromatic carbocycles. The summed E-state index contributed by atoms with van der Waals surface area (Å²) >= 11 is 0. The first-order valence-corrected chi connectivity index (χ1v) is 17.5. The van der Waals surface area contributed by atoms with Crippen LogP contribution in [0.25, 0.3) is 76.5 Å². The van der Waals surface area contributed by atoms with E-state index in [1.165, 1.54) is 81.7 Å². The Balaban J connectivity index is 1.32. The Morgan fingerprint density at radius 2 is 0.976 bits per heavy atom. The molecule has 0 aromatic heterocycles. The highest BCUT2D eigenvalue weighted by Gasteiger charge is 2.35. The standard InChI is InChI=1S/C40H28Si/c1-41(2)36-23-18-29(24-35(36)32-12-6-10-26-11-7-13-37(41)38(26)32)31-20-15-28-16-21-33-30(25-8-4-3-5-9-25)19-14-27-17-22-34(31)40(28)39(27)33/h3-24H,1-2H3. The van der Waals surface area contributed by atoms with Gasteiger partial charge < -0.3 is 0 Å². The summed E-state index contributed by atoms with van der Waals surface area (Å²) in [6.07, 6.45) is 0. The molecule has 41 heavy (non-hydrogen) atoms. The Hall–Kier alpha value is -4.72. The van der Waals surface area contributed by atoms with Crippen molar-refractivity contribution in [2.45, 2.75) is 13.1 Å². The number of hydrogen-bond donors (Lipinski definition) is 0. The molecule has 0 aliphatic carbocycles. The van der Waals surface area contributed by atoms with Crippen molar-refractivity contribution in [1.82, 2.24) is 0 Å². The summed E-state index contributed by atoms with van der Waals surface area (Å²) in [5.41, 5.74) is 7.97. The van der Waals surface area contributed by atoms with Gasteiger partial charge >= 0.3 is 0 Å². The van der Waals surface area contributed by atoms with Gasteiger partial charge in [0, 0.05) is 0 Å². The number of hydrogen-bond acceptors (Lipinski definition) is 0. The van der Waals surface area contributed by atoms with Crippen LogP contribution in [0.3, 0.4) is 0 Å². The molecule has 0 saturated heterocycles. The van der Waals surface area contributed by atoms with Crippen molar-refractivity contribution >= 4 is 61.5 Å². The zero-order chi connectivity index (χ0) is 27.3. The van der Waals surface area contributed by atoms with E-state index in [1.807, 2.05) is 0 Å². The van der Waals surface area contributed by atoms with Crippen molar-refractivity contribution in [3.63, 3.8) is 0 Å². The van der Waals surface area contributed by atoms with E-state index in [9.17, 15) is 0 Å². The van der Waals surface area contributed by atoms with E-state index in [2.05, 4.69) is 147 Å². The Bertz CT molecular complexity index is 2320. The lowest BCUT2D eigenvalue weighted by atomic mass is 9.86. The summed E-state index contributed by atoms with van der Waals surface area (Å²) < 4.78 is 0. The van der Waals surface area contributed by atoms with Gasteiger partial charge in [-0.15, -0.1) is 0 Å². The zero-order valence-corrected chi connectivity index (χ0v) is 24.2. The summed E-state index contributed by atoms with van der Waals surface area (Å²) in [5, 5.41) is 13.9. The maximum absolute atomic E-state index is 2.51. The van der Waals surface area contributed by atoms with Crippen molar-refractivity contribution in [2.24, 2.45) is 0 Å². The third-order valence-electron chi connectivity index (χ3n) is 9.62. The molecule has 0 radical (unpaired) electrons. The van der Waals surface area contributed by atoms with Gasteiger partial charge in [-0.3, -0.25) is 0 Å². The molecule has 0 spiro atoms. The SMILES string of the molecule is C[Si]1(C)c2ccc(-c3ccc4ccc5c(-c6ccccc6)ccc6ccc3c4c65)cc2-c2cccc3cccc1c23. The summed E-state index contributed by atoms with van der Waals surface area (Å²) in [7, 11) is -1.83. The molecule has 1 aliphatic rings. The summed E-state index contributed by atoms with van der Waals surface area (Å²) in [6.45, 7) is 5.02. The molecular formula is C40H28Si. The normalized spacial score (nSPS) is 13.8. The van der Waals surface area contributed by atoms with Gasteiger partial charge in [0.15, 0.2) is 0 Å². The molecule has 0 N–H and O–H groups in total. The molecule has 0 unspecified atom stereocenters. The third-order valence-corrected chi connectivity index (χ3v) is 13.2. The molecule has 192 valence electrons. The first-order valence-electron chi connectivity index (χ1n) is 14.5. The van der Waals surface area contributed by atoms with Gasteiger partial charge in [-0.1, -0.05) is 140 Å². The number of rotatable bonds is 2. The quantitative estimate of drug-likeness (QED) is 0.152. The van der Waals surface area contributed by atoms with Gasteiger partial charge in [-0.25, -0.2) is 0 Å². The lowest BCUT2D eigenvalue weighted by Crippen LogP contribution is -2.55. The fraction of sp³-hybridized carbons (Fsp3) is 0.0500. The maximum Gasteiger partial charge on any atom is 0.113 e. The minimum atomic E-state index is -1.83. The number of benzene rings is 8. The Labute approximate surface area is 240 Å². The highest BCUT2D eigenvalue weighted by molar-refractivity contribution is 7.03. The second-order valence-corrected chi connectivity index (χ2v) is 16.4. The van der Waals surface area contributed by atoms with E-state index in [0.717, 1.165) is 0 Å². The van der Waals surface area contributed by atoms with Crippen molar-refractivity contribution < 1.29 is 0 Å². The Morgan fingerprint density at radius 1 is 0.366 bits per heavy atom. The van der Waals surface area contributed by atoms with Crippen molar-refractivity contribution in [3.05, 3.63) is 133 Å². The predicted octanol–water partition coefficient (Wildman–Crippen LogP) is 9.87. The lowest BCUT2D eigenvalue weighted by molar-refractivity contribution is 1.61. The third kappa shape index (κ3) is 3.10. The Kier molecular flexibility index (Phi) is 4.58. The van der Waals surface area contributed by atoms with Crippen LogP contribution in [0.4, 0.5) is 0 Å².